The zero-order chi connectivity index (χ0) is 19.2. The van der Waals surface area contributed by atoms with Crippen LogP contribution < -0.4 is 0 Å². The number of carbonyl (C=O) groups is 2. The second-order valence-electron chi connectivity index (χ2n) is 5.79. The standard InChI is InChI=1S/C22H19NO4/c1-3-9-19(24)27-14-18-21(22(25)26-2)20(15-10-5-4-6-11-15)16-12-7-8-13-17(16)23-18/h3-13H,14H2,1-2H3/b9-3+. The summed E-state index contributed by atoms with van der Waals surface area (Å²) >= 11 is 0. The summed E-state index contributed by atoms with van der Waals surface area (Å²) in [4.78, 5) is 28.9. The number of rotatable bonds is 5. The number of pyridine rings is 1. The number of carbonyl (C=O) groups excluding carboxylic acids is 2. The first kappa shape index (κ1) is 18.3. The molecular formula is C22H19NO4. The van der Waals surface area contributed by atoms with Crippen molar-refractivity contribution in [2.75, 3.05) is 7.11 Å². The number of para-hydroxylation sites is 1. The molecule has 0 saturated heterocycles. The van der Waals surface area contributed by atoms with Crippen LogP contribution in [0.2, 0.25) is 0 Å². The minimum absolute atomic E-state index is 0.127. The van der Waals surface area contributed by atoms with Crippen LogP contribution in [0.5, 0.6) is 0 Å². The van der Waals surface area contributed by atoms with Gasteiger partial charge in [0.1, 0.15) is 6.61 Å². The smallest absolute Gasteiger partial charge is 0.340 e. The van der Waals surface area contributed by atoms with E-state index in [0.717, 1.165) is 10.9 Å². The van der Waals surface area contributed by atoms with Crippen molar-refractivity contribution in [3.63, 3.8) is 0 Å². The fraction of sp³-hybridized carbons (Fsp3) is 0.136. The van der Waals surface area contributed by atoms with Gasteiger partial charge in [0.05, 0.1) is 23.9 Å². The SMILES string of the molecule is C/C=C/C(=O)OCc1nc2ccccc2c(-c2ccccc2)c1C(=O)OC. The predicted octanol–water partition coefficient (Wildman–Crippen LogP) is 4.31. The first-order valence-corrected chi connectivity index (χ1v) is 8.50. The Labute approximate surface area is 157 Å². The molecule has 0 aliphatic carbocycles. The van der Waals surface area contributed by atoms with Crippen LogP contribution in [0.3, 0.4) is 0 Å². The molecule has 136 valence electrons. The van der Waals surface area contributed by atoms with Crippen LogP contribution in [0.1, 0.15) is 23.0 Å². The molecule has 2 aromatic carbocycles. The molecule has 5 nitrogen and oxygen atoms in total. The summed E-state index contributed by atoms with van der Waals surface area (Å²) in [5.74, 6) is -1.02. The van der Waals surface area contributed by atoms with Gasteiger partial charge in [0.2, 0.25) is 0 Å². The van der Waals surface area contributed by atoms with E-state index in [-0.39, 0.29) is 6.61 Å². The van der Waals surface area contributed by atoms with Crippen LogP contribution in [-0.2, 0) is 20.9 Å². The number of esters is 2. The molecule has 0 amide bonds. The Morgan fingerprint density at radius 2 is 1.74 bits per heavy atom. The van der Waals surface area contributed by atoms with E-state index in [1.165, 1.54) is 13.2 Å². The Morgan fingerprint density at radius 1 is 1.04 bits per heavy atom. The summed E-state index contributed by atoms with van der Waals surface area (Å²) in [5.41, 5.74) is 2.94. The number of allylic oxidation sites excluding steroid dienone is 1. The number of hydrogen-bond donors (Lipinski definition) is 0. The van der Waals surface area contributed by atoms with E-state index < -0.39 is 11.9 Å². The normalized spacial score (nSPS) is 10.9. The molecule has 3 aromatic rings. The summed E-state index contributed by atoms with van der Waals surface area (Å²) in [6, 6.07) is 17.1. The number of hydrogen-bond acceptors (Lipinski definition) is 5. The molecule has 3 rings (SSSR count). The van der Waals surface area contributed by atoms with E-state index in [4.69, 9.17) is 9.47 Å². The highest BCUT2D eigenvalue weighted by Gasteiger charge is 2.23. The number of fused-ring (bicyclic) bond motifs is 1. The van der Waals surface area contributed by atoms with Gasteiger partial charge in [-0.15, -0.1) is 0 Å². The maximum Gasteiger partial charge on any atom is 0.340 e. The Kier molecular flexibility index (Phi) is 5.61. The van der Waals surface area contributed by atoms with Gasteiger partial charge in [-0.2, -0.15) is 0 Å². The van der Waals surface area contributed by atoms with Gasteiger partial charge in [-0.1, -0.05) is 54.6 Å². The summed E-state index contributed by atoms with van der Waals surface area (Å²) in [6.07, 6.45) is 2.91. The lowest BCUT2D eigenvalue weighted by Crippen LogP contribution is -2.13. The zero-order valence-electron chi connectivity index (χ0n) is 15.1. The largest absolute Gasteiger partial charge is 0.465 e. The number of methoxy groups -OCH3 is 1. The van der Waals surface area contributed by atoms with Crippen LogP contribution >= 0.6 is 0 Å². The van der Waals surface area contributed by atoms with Crippen molar-refractivity contribution in [2.24, 2.45) is 0 Å². The Bertz CT molecular complexity index is 1010. The van der Waals surface area contributed by atoms with Crippen molar-refractivity contribution in [1.29, 1.82) is 0 Å². The van der Waals surface area contributed by atoms with E-state index in [1.54, 1.807) is 13.0 Å². The molecule has 0 saturated carbocycles. The number of ether oxygens (including phenoxy) is 2. The predicted molar refractivity (Wildman–Crippen MR) is 103 cm³/mol. The van der Waals surface area contributed by atoms with Gasteiger partial charge >= 0.3 is 11.9 Å². The Hall–Kier alpha value is -3.47. The third kappa shape index (κ3) is 3.87. The molecule has 27 heavy (non-hydrogen) atoms. The lowest BCUT2D eigenvalue weighted by molar-refractivity contribution is -0.139. The minimum atomic E-state index is -0.524. The first-order chi connectivity index (χ1) is 13.2. The average Bonchev–Trinajstić information content (AvgIpc) is 2.71. The van der Waals surface area contributed by atoms with Gasteiger partial charge in [0, 0.05) is 17.0 Å². The highest BCUT2D eigenvalue weighted by atomic mass is 16.5. The summed E-state index contributed by atoms with van der Waals surface area (Å²) < 4.78 is 10.3. The van der Waals surface area contributed by atoms with Gasteiger partial charge in [-0.3, -0.25) is 0 Å². The molecule has 0 atom stereocenters. The fourth-order valence-corrected chi connectivity index (χ4v) is 2.92. The molecule has 1 heterocycles. The van der Waals surface area contributed by atoms with E-state index in [9.17, 15) is 9.59 Å². The summed E-state index contributed by atoms with van der Waals surface area (Å²) in [7, 11) is 1.32. The maximum atomic E-state index is 12.6. The minimum Gasteiger partial charge on any atom is -0.465 e. The third-order valence-corrected chi connectivity index (χ3v) is 4.07. The summed E-state index contributed by atoms with van der Waals surface area (Å²) in [5, 5.41) is 0.827. The first-order valence-electron chi connectivity index (χ1n) is 8.50. The fourth-order valence-electron chi connectivity index (χ4n) is 2.92. The molecule has 0 radical (unpaired) electrons. The maximum absolute atomic E-state index is 12.6. The van der Waals surface area contributed by atoms with E-state index in [2.05, 4.69) is 4.98 Å². The molecule has 0 unspecified atom stereocenters. The van der Waals surface area contributed by atoms with Crippen LogP contribution in [0.15, 0.2) is 66.7 Å². The lowest BCUT2D eigenvalue weighted by atomic mass is 9.94. The van der Waals surface area contributed by atoms with E-state index >= 15 is 0 Å². The lowest BCUT2D eigenvalue weighted by Gasteiger charge is -2.16. The van der Waals surface area contributed by atoms with Crippen LogP contribution in [0.25, 0.3) is 22.0 Å². The van der Waals surface area contributed by atoms with Gasteiger partial charge in [0.15, 0.2) is 0 Å². The molecular weight excluding hydrogens is 342 g/mol. The van der Waals surface area contributed by atoms with Gasteiger partial charge in [0.25, 0.3) is 0 Å². The van der Waals surface area contributed by atoms with E-state index in [0.29, 0.717) is 22.3 Å². The molecule has 0 N–H and O–H groups in total. The molecule has 0 aliphatic rings. The van der Waals surface area contributed by atoms with Crippen LogP contribution in [0, 0.1) is 0 Å². The average molecular weight is 361 g/mol. The number of aromatic nitrogens is 1. The van der Waals surface area contributed by atoms with Crippen molar-refractivity contribution < 1.29 is 19.1 Å². The highest BCUT2D eigenvalue weighted by molar-refractivity contribution is 6.07. The number of benzene rings is 2. The molecule has 5 heteroatoms. The van der Waals surface area contributed by atoms with E-state index in [1.807, 2.05) is 54.6 Å². The Balaban J connectivity index is 2.25. The van der Waals surface area contributed by atoms with Crippen molar-refractivity contribution in [3.05, 3.63) is 78.0 Å². The zero-order valence-corrected chi connectivity index (χ0v) is 15.1. The van der Waals surface area contributed by atoms with Crippen LogP contribution in [0.4, 0.5) is 0 Å². The summed E-state index contributed by atoms with van der Waals surface area (Å²) in [6.45, 7) is 1.60. The van der Waals surface area contributed by atoms with Crippen LogP contribution in [-0.4, -0.2) is 24.0 Å². The Morgan fingerprint density at radius 3 is 2.44 bits per heavy atom. The van der Waals surface area contributed by atoms with Crippen molar-refractivity contribution in [1.82, 2.24) is 4.98 Å². The quantitative estimate of drug-likeness (QED) is 0.500. The van der Waals surface area contributed by atoms with Crippen molar-refractivity contribution >= 4 is 22.8 Å². The third-order valence-electron chi connectivity index (χ3n) is 4.07. The second-order valence-corrected chi connectivity index (χ2v) is 5.79. The molecule has 0 fully saturated rings. The monoisotopic (exact) mass is 361 g/mol. The van der Waals surface area contributed by atoms with Gasteiger partial charge < -0.3 is 9.47 Å². The van der Waals surface area contributed by atoms with Gasteiger partial charge in [-0.05, 0) is 18.6 Å². The topological polar surface area (TPSA) is 65.5 Å². The number of nitrogens with zero attached hydrogens (tertiary/aromatic N) is 1. The molecule has 1 aromatic heterocycles. The van der Waals surface area contributed by atoms with Gasteiger partial charge in [-0.25, -0.2) is 14.6 Å². The molecule has 0 aliphatic heterocycles. The molecule has 0 bridgehead atoms. The van der Waals surface area contributed by atoms with Crippen molar-refractivity contribution in [2.45, 2.75) is 13.5 Å². The second kappa shape index (κ2) is 8.27. The molecule has 0 spiro atoms. The van der Waals surface area contributed by atoms with Crippen molar-refractivity contribution in [3.8, 4) is 11.1 Å². The highest BCUT2D eigenvalue weighted by Crippen LogP contribution is 2.33.